The van der Waals surface area contributed by atoms with Crippen LogP contribution in [0.5, 0.6) is 0 Å². The molecule has 0 aliphatic heterocycles. The van der Waals surface area contributed by atoms with Crippen LogP contribution in [0.25, 0.3) is 0 Å². The van der Waals surface area contributed by atoms with Crippen LogP contribution in [-0.2, 0) is 16.0 Å². The molecule has 0 unspecified atom stereocenters. The summed E-state index contributed by atoms with van der Waals surface area (Å²) in [6.07, 6.45) is 0.621. The van der Waals surface area contributed by atoms with Gasteiger partial charge in [-0.25, -0.2) is 4.39 Å². The molecule has 0 spiro atoms. The summed E-state index contributed by atoms with van der Waals surface area (Å²) in [5, 5.41) is 2.46. The second kappa shape index (κ2) is 5.98. The van der Waals surface area contributed by atoms with Crippen molar-refractivity contribution >= 4 is 11.8 Å². The van der Waals surface area contributed by atoms with Crippen LogP contribution in [0.3, 0.4) is 0 Å². The van der Waals surface area contributed by atoms with Crippen molar-refractivity contribution in [3.05, 3.63) is 35.6 Å². The number of halogens is 1. The molecule has 0 saturated carbocycles. The number of rotatable bonds is 5. The molecule has 0 fully saturated rings. The maximum Gasteiger partial charge on any atom is 0.239 e. The normalized spacial score (nSPS) is 11.9. The number of hydrogen-bond acceptors (Lipinski definition) is 2. The maximum atomic E-state index is 12.8. The van der Waals surface area contributed by atoms with Crippen molar-refractivity contribution in [2.75, 3.05) is 0 Å². The molecule has 0 saturated heterocycles. The van der Waals surface area contributed by atoms with Crippen molar-refractivity contribution in [2.45, 2.75) is 25.8 Å². The van der Waals surface area contributed by atoms with Gasteiger partial charge in [-0.1, -0.05) is 12.1 Å². The van der Waals surface area contributed by atoms with Gasteiger partial charge in [-0.15, -0.1) is 0 Å². The predicted molar refractivity (Wildman–Crippen MR) is 61.5 cm³/mol. The van der Waals surface area contributed by atoms with E-state index in [0.717, 1.165) is 5.56 Å². The third kappa shape index (κ3) is 4.63. The van der Waals surface area contributed by atoms with Crippen LogP contribution in [0.4, 0.5) is 4.39 Å². The smallest absolute Gasteiger partial charge is 0.239 e. The summed E-state index contributed by atoms with van der Waals surface area (Å²) in [6, 6.07) is 5.38. The second-order valence-corrected chi connectivity index (χ2v) is 3.82. The lowest BCUT2D eigenvalue weighted by Gasteiger charge is -2.09. The van der Waals surface area contributed by atoms with E-state index in [-0.39, 0.29) is 18.1 Å². The number of nitrogens with two attached hydrogens (primary N) is 1. The Balaban J connectivity index is 2.41. The maximum absolute atomic E-state index is 12.8. The van der Waals surface area contributed by atoms with Crippen molar-refractivity contribution in [3.8, 4) is 0 Å². The summed E-state index contributed by atoms with van der Waals surface area (Å²) < 4.78 is 12.8. The summed E-state index contributed by atoms with van der Waals surface area (Å²) in [5.74, 6) is -1.18. The fourth-order valence-electron chi connectivity index (χ4n) is 1.34. The van der Waals surface area contributed by atoms with Gasteiger partial charge in [-0.05, 0) is 31.0 Å². The third-order valence-electron chi connectivity index (χ3n) is 2.33. The molecule has 1 rings (SSSR count). The molecule has 92 valence electrons. The van der Waals surface area contributed by atoms with Crippen molar-refractivity contribution in [1.82, 2.24) is 5.32 Å². The van der Waals surface area contributed by atoms with Crippen LogP contribution < -0.4 is 11.1 Å². The zero-order valence-corrected chi connectivity index (χ0v) is 9.57. The zero-order chi connectivity index (χ0) is 12.8. The van der Waals surface area contributed by atoms with Gasteiger partial charge >= 0.3 is 0 Å². The first-order valence-corrected chi connectivity index (χ1v) is 5.32. The Hall–Kier alpha value is -1.91. The van der Waals surface area contributed by atoms with Gasteiger partial charge in [0.1, 0.15) is 11.9 Å². The number of nitrogens with one attached hydrogen (secondary N) is 1. The standard InChI is InChI=1S/C12H15FN2O2/c1-8(12(14)17)15-11(16)6-5-9-3-2-4-10(13)7-9/h2-4,7-8H,5-6H2,1H3,(H2,14,17)(H,15,16)/t8-/m1/s1. The average molecular weight is 238 g/mol. The van der Waals surface area contributed by atoms with Gasteiger partial charge in [0.2, 0.25) is 11.8 Å². The first kappa shape index (κ1) is 13.2. The van der Waals surface area contributed by atoms with Gasteiger partial charge in [0, 0.05) is 6.42 Å². The first-order valence-electron chi connectivity index (χ1n) is 5.32. The molecule has 1 aromatic carbocycles. The van der Waals surface area contributed by atoms with Gasteiger partial charge in [0.15, 0.2) is 0 Å². The number of hydrogen-bond donors (Lipinski definition) is 2. The first-order chi connectivity index (χ1) is 7.99. The van der Waals surface area contributed by atoms with E-state index in [9.17, 15) is 14.0 Å². The largest absolute Gasteiger partial charge is 0.368 e. The minimum Gasteiger partial charge on any atom is -0.368 e. The molecule has 0 radical (unpaired) electrons. The van der Waals surface area contributed by atoms with Crippen LogP contribution in [-0.4, -0.2) is 17.9 Å². The predicted octanol–water partition coefficient (Wildman–Crippen LogP) is 0.748. The molecule has 0 heterocycles. The Kier molecular flexibility index (Phi) is 4.63. The molecule has 0 aromatic heterocycles. The zero-order valence-electron chi connectivity index (χ0n) is 9.57. The number of carbonyl (C=O) groups excluding carboxylic acids is 2. The number of carbonyl (C=O) groups is 2. The molecule has 1 atom stereocenters. The van der Waals surface area contributed by atoms with Crippen LogP contribution in [0.2, 0.25) is 0 Å². The molecule has 3 N–H and O–H groups in total. The molecule has 2 amide bonds. The van der Waals surface area contributed by atoms with Crippen LogP contribution in [0.15, 0.2) is 24.3 Å². The van der Waals surface area contributed by atoms with Gasteiger partial charge in [0.05, 0.1) is 0 Å². The van der Waals surface area contributed by atoms with E-state index in [1.165, 1.54) is 19.1 Å². The van der Waals surface area contributed by atoms with Crippen molar-refractivity contribution in [3.63, 3.8) is 0 Å². The Morgan fingerprint density at radius 1 is 1.47 bits per heavy atom. The van der Waals surface area contributed by atoms with E-state index in [2.05, 4.69) is 5.32 Å². The molecule has 4 nitrogen and oxygen atoms in total. The number of primary amides is 1. The lowest BCUT2D eigenvalue weighted by molar-refractivity contribution is -0.126. The molecule has 0 aliphatic rings. The Bertz CT molecular complexity index is 421. The van der Waals surface area contributed by atoms with Gasteiger partial charge in [0.25, 0.3) is 0 Å². The summed E-state index contributed by atoms with van der Waals surface area (Å²) in [7, 11) is 0. The van der Waals surface area contributed by atoms with E-state index >= 15 is 0 Å². The van der Waals surface area contributed by atoms with Crippen molar-refractivity contribution in [2.24, 2.45) is 5.73 Å². The highest BCUT2D eigenvalue weighted by Crippen LogP contribution is 2.06. The Labute approximate surface area is 99.0 Å². The Morgan fingerprint density at radius 2 is 2.18 bits per heavy atom. The molecular weight excluding hydrogens is 223 g/mol. The fraction of sp³-hybridized carbons (Fsp3) is 0.333. The molecule has 5 heteroatoms. The lowest BCUT2D eigenvalue weighted by atomic mass is 10.1. The molecule has 17 heavy (non-hydrogen) atoms. The minimum atomic E-state index is -0.685. The van der Waals surface area contributed by atoms with E-state index in [4.69, 9.17) is 5.73 Å². The summed E-state index contributed by atoms with van der Waals surface area (Å²) in [4.78, 5) is 22.1. The van der Waals surface area contributed by atoms with Crippen molar-refractivity contribution < 1.29 is 14.0 Å². The van der Waals surface area contributed by atoms with Crippen molar-refractivity contribution in [1.29, 1.82) is 0 Å². The third-order valence-corrected chi connectivity index (χ3v) is 2.33. The topological polar surface area (TPSA) is 72.2 Å². The molecular formula is C12H15FN2O2. The van der Waals surface area contributed by atoms with E-state index in [0.29, 0.717) is 6.42 Å². The SMILES string of the molecule is C[C@@H](NC(=O)CCc1cccc(F)c1)C(N)=O. The Morgan fingerprint density at radius 3 is 2.76 bits per heavy atom. The van der Waals surface area contributed by atoms with E-state index < -0.39 is 11.9 Å². The number of amides is 2. The molecule has 1 aromatic rings. The lowest BCUT2D eigenvalue weighted by Crippen LogP contribution is -2.42. The minimum absolute atomic E-state index is 0.196. The highest BCUT2D eigenvalue weighted by Gasteiger charge is 2.11. The number of aryl methyl sites for hydroxylation is 1. The van der Waals surface area contributed by atoms with E-state index in [1.54, 1.807) is 12.1 Å². The average Bonchev–Trinajstić information content (AvgIpc) is 2.26. The van der Waals surface area contributed by atoms with E-state index in [1.807, 2.05) is 0 Å². The van der Waals surface area contributed by atoms with Gasteiger partial charge < -0.3 is 11.1 Å². The summed E-state index contributed by atoms with van der Waals surface area (Å²) >= 11 is 0. The van der Waals surface area contributed by atoms with Crippen LogP contribution in [0, 0.1) is 5.82 Å². The highest BCUT2D eigenvalue weighted by molar-refractivity contribution is 5.86. The van der Waals surface area contributed by atoms with Gasteiger partial charge in [-0.3, -0.25) is 9.59 Å². The molecule has 0 aliphatic carbocycles. The van der Waals surface area contributed by atoms with Crippen LogP contribution >= 0.6 is 0 Å². The molecule has 0 bridgehead atoms. The monoisotopic (exact) mass is 238 g/mol. The highest BCUT2D eigenvalue weighted by atomic mass is 19.1. The second-order valence-electron chi connectivity index (χ2n) is 3.82. The quantitative estimate of drug-likeness (QED) is 0.794. The van der Waals surface area contributed by atoms with Gasteiger partial charge in [-0.2, -0.15) is 0 Å². The van der Waals surface area contributed by atoms with Crippen LogP contribution in [0.1, 0.15) is 18.9 Å². The summed E-state index contributed by atoms with van der Waals surface area (Å²) in [5.41, 5.74) is 5.75. The fourth-order valence-corrected chi connectivity index (χ4v) is 1.34. The summed E-state index contributed by atoms with van der Waals surface area (Å²) in [6.45, 7) is 1.52. The number of benzene rings is 1.